The van der Waals surface area contributed by atoms with E-state index in [4.69, 9.17) is 4.18 Å². The molecule has 0 fully saturated rings. The summed E-state index contributed by atoms with van der Waals surface area (Å²) in [4.78, 5) is 0.189. The maximum Gasteiger partial charge on any atom is 0.297 e. The van der Waals surface area contributed by atoms with Gasteiger partial charge in [0.05, 0.1) is 11.0 Å². The maximum atomic E-state index is 11.7. The van der Waals surface area contributed by atoms with Gasteiger partial charge < -0.3 is 0 Å². The molecule has 0 saturated heterocycles. The first-order chi connectivity index (χ1) is 7.45. The lowest BCUT2D eigenvalue weighted by atomic mass is 10.2. The number of allylic oxidation sites excluding steroid dienone is 1. The van der Waals surface area contributed by atoms with Crippen molar-refractivity contribution in [2.24, 2.45) is 0 Å². The molecule has 0 bridgehead atoms. The van der Waals surface area contributed by atoms with Crippen LogP contribution in [0.3, 0.4) is 0 Å². The lowest BCUT2D eigenvalue weighted by Gasteiger charge is -2.08. The predicted molar refractivity (Wildman–Crippen MR) is 63.7 cm³/mol. The predicted octanol–water partition coefficient (Wildman–Crippen LogP) is 2.53. The summed E-state index contributed by atoms with van der Waals surface area (Å²) in [5, 5.41) is 0. The second-order valence-electron chi connectivity index (χ2n) is 3.74. The quantitative estimate of drug-likeness (QED) is 0.586. The van der Waals surface area contributed by atoms with Gasteiger partial charge in [0.25, 0.3) is 10.1 Å². The second kappa shape index (κ2) is 5.27. The van der Waals surface area contributed by atoms with Crippen molar-refractivity contribution in [3.63, 3.8) is 0 Å². The van der Waals surface area contributed by atoms with Crippen LogP contribution >= 0.6 is 0 Å². The van der Waals surface area contributed by atoms with Gasteiger partial charge in [-0.25, -0.2) is 0 Å². The Morgan fingerprint density at radius 2 is 1.88 bits per heavy atom. The van der Waals surface area contributed by atoms with Gasteiger partial charge in [-0.1, -0.05) is 18.2 Å². The number of benzene rings is 1. The molecule has 4 heteroatoms. The molecule has 3 nitrogen and oxygen atoms in total. The van der Waals surface area contributed by atoms with Crippen LogP contribution in [0.1, 0.15) is 19.4 Å². The third-order valence-electron chi connectivity index (χ3n) is 1.91. The number of rotatable bonds is 5. The normalized spacial score (nSPS) is 11.7. The highest BCUT2D eigenvalue weighted by Crippen LogP contribution is 2.15. The summed E-state index contributed by atoms with van der Waals surface area (Å²) in [6, 6.07) is 6.63. The summed E-state index contributed by atoms with van der Waals surface area (Å²) in [5.74, 6) is 0. The Kier molecular flexibility index (Phi) is 4.26. The molecule has 0 unspecified atom stereocenters. The van der Waals surface area contributed by atoms with Crippen LogP contribution in [0.15, 0.2) is 41.8 Å². The Morgan fingerprint density at radius 1 is 1.31 bits per heavy atom. The van der Waals surface area contributed by atoms with E-state index in [1.54, 1.807) is 44.2 Å². The fourth-order valence-electron chi connectivity index (χ4n) is 1.27. The topological polar surface area (TPSA) is 43.4 Å². The van der Waals surface area contributed by atoms with Gasteiger partial charge in [-0.2, -0.15) is 8.42 Å². The molecule has 1 rings (SSSR count). The van der Waals surface area contributed by atoms with Crippen molar-refractivity contribution in [3.05, 3.63) is 42.5 Å². The van der Waals surface area contributed by atoms with Crippen molar-refractivity contribution < 1.29 is 12.6 Å². The molecule has 16 heavy (non-hydrogen) atoms. The van der Waals surface area contributed by atoms with Crippen molar-refractivity contribution in [3.8, 4) is 0 Å². The average Bonchev–Trinajstić information content (AvgIpc) is 2.17. The lowest BCUT2D eigenvalue weighted by Crippen LogP contribution is -2.12. The summed E-state index contributed by atoms with van der Waals surface area (Å²) >= 11 is 0. The minimum Gasteiger partial charge on any atom is -0.264 e. The molecule has 0 aliphatic heterocycles. The van der Waals surface area contributed by atoms with Crippen LogP contribution in [0.25, 0.3) is 0 Å². The molecule has 88 valence electrons. The first-order valence-electron chi connectivity index (χ1n) is 5.09. The van der Waals surface area contributed by atoms with Gasteiger partial charge in [0, 0.05) is 0 Å². The standard InChI is InChI=1S/C12H16O3S/c1-4-5-11-6-8-12(9-7-11)16(13,14)15-10(2)3/h4,6-10H,1,5H2,2-3H3. The monoisotopic (exact) mass is 240 g/mol. The molecule has 0 atom stereocenters. The zero-order valence-electron chi connectivity index (χ0n) is 9.51. The molecule has 1 aromatic rings. The Balaban J connectivity index is 2.93. The van der Waals surface area contributed by atoms with E-state index in [-0.39, 0.29) is 11.0 Å². The molecule has 0 saturated carbocycles. The van der Waals surface area contributed by atoms with E-state index in [0.717, 1.165) is 12.0 Å². The van der Waals surface area contributed by atoms with Crippen molar-refractivity contribution in [1.82, 2.24) is 0 Å². The molecule has 0 aliphatic carbocycles. The van der Waals surface area contributed by atoms with E-state index in [9.17, 15) is 8.42 Å². The van der Waals surface area contributed by atoms with E-state index < -0.39 is 10.1 Å². The maximum absolute atomic E-state index is 11.7. The Labute approximate surface area is 96.9 Å². The highest BCUT2D eigenvalue weighted by atomic mass is 32.2. The molecule has 0 amide bonds. The van der Waals surface area contributed by atoms with Crippen LogP contribution in [0.4, 0.5) is 0 Å². The first-order valence-corrected chi connectivity index (χ1v) is 6.49. The van der Waals surface area contributed by atoms with Crippen molar-refractivity contribution in [1.29, 1.82) is 0 Å². The Morgan fingerprint density at radius 3 is 2.31 bits per heavy atom. The summed E-state index contributed by atoms with van der Waals surface area (Å²) < 4.78 is 28.2. The van der Waals surface area contributed by atoms with Gasteiger partial charge in [-0.3, -0.25) is 4.18 Å². The van der Waals surface area contributed by atoms with Gasteiger partial charge in [-0.15, -0.1) is 6.58 Å². The fraction of sp³-hybridized carbons (Fsp3) is 0.333. The second-order valence-corrected chi connectivity index (χ2v) is 5.31. The van der Waals surface area contributed by atoms with Crippen molar-refractivity contribution in [2.45, 2.75) is 31.3 Å². The molecule has 0 aromatic heterocycles. The summed E-state index contributed by atoms with van der Waals surface area (Å²) in [6.45, 7) is 6.99. The lowest BCUT2D eigenvalue weighted by molar-refractivity contribution is 0.249. The van der Waals surface area contributed by atoms with Gasteiger partial charge in [0.15, 0.2) is 0 Å². The van der Waals surface area contributed by atoms with Crippen LogP contribution in [-0.4, -0.2) is 14.5 Å². The third kappa shape index (κ3) is 3.47. The molecule has 0 radical (unpaired) electrons. The molecule has 1 aromatic carbocycles. The zero-order chi connectivity index (χ0) is 12.2. The SMILES string of the molecule is C=CCc1ccc(S(=O)(=O)OC(C)C)cc1. The van der Waals surface area contributed by atoms with E-state index in [0.29, 0.717) is 0 Å². The van der Waals surface area contributed by atoms with Crippen LogP contribution in [0.2, 0.25) is 0 Å². The summed E-state index contributed by atoms with van der Waals surface area (Å²) in [5.41, 5.74) is 1.03. The van der Waals surface area contributed by atoms with Crippen LogP contribution < -0.4 is 0 Å². The van der Waals surface area contributed by atoms with Gasteiger partial charge in [0.2, 0.25) is 0 Å². The minimum atomic E-state index is -3.62. The van der Waals surface area contributed by atoms with Crippen LogP contribution in [-0.2, 0) is 20.7 Å². The van der Waals surface area contributed by atoms with E-state index in [1.165, 1.54) is 0 Å². The minimum absolute atomic E-state index is 0.189. The highest BCUT2D eigenvalue weighted by Gasteiger charge is 2.16. The smallest absolute Gasteiger partial charge is 0.264 e. The average molecular weight is 240 g/mol. The molecular weight excluding hydrogens is 224 g/mol. The van der Waals surface area contributed by atoms with E-state index in [2.05, 4.69) is 6.58 Å². The highest BCUT2D eigenvalue weighted by molar-refractivity contribution is 7.86. The fourth-order valence-corrected chi connectivity index (χ4v) is 2.36. The third-order valence-corrected chi connectivity index (χ3v) is 3.40. The number of hydrogen-bond acceptors (Lipinski definition) is 3. The first kappa shape index (κ1) is 12.9. The van der Waals surface area contributed by atoms with Gasteiger partial charge >= 0.3 is 0 Å². The molecule has 0 heterocycles. The van der Waals surface area contributed by atoms with E-state index in [1.807, 2.05) is 0 Å². The van der Waals surface area contributed by atoms with Crippen molar-refractivity contribution in [2.75, 3.05) is 0 Å². The Bertz CT molecular complexity index is 444. The summed E-state index contributed by atoms with van der Waals surface area (Å²) in [7, 11) is -3.62. The van der Waals surface area contributed by atoms with Crippen LogP contribution in [0.5, 0.6) is 0 Å². The summed E-state index contributed by atoms with van der Waals surface area (Å²) in [6.07, 6.45) is 2.15. The Hall–Kier alpha value is -1.13. The zero-order valence-corrected chi connectivity index (χ0v) is 10.3. The van der Waals surface area contributed by atoms with Crippen LogP contribution in [0, 0.1) is 0 Å². The van der Waals surface area contributed by atoms with Gasteiger partial charge in [0.1, 0.15) is 0 Å². The molecule has 0 N–H and O–H groups in total. The largest absolute Gasteiger partial charge is 0.297 e. The molecule has 0 spiro atoms. The molecule has 0 aliphatic rings. The van der Waals surface area contributed by atoms with Gasteiger partial charge in [-0.05, 0) is 38.0 Å². The molecular formula is C12H16O3S. The number of hydrogen-bond donors (Lipinski definition) is 0. The van der Waals surface area contributed by atoms with E-state index >= 15 is 0 Å². The van der Waals surface area contributed by atoms with Crippen molar-refractivity contribution >= 4 is 10.1 Å².